The van der Waals surface area contributed by atoms with Crippen molar-refractivity contribution in [3.63, 3.8) is 0 Å². The van der Waals surface area contributed by atoms with Gasteiger partial charge in [0, 0.05) is 38.8 Å². The third kappa shape index (κ3) is 4.98. The summed E-state index contributed by atoms with van der Waals surface area (Å²) >= 11 is 0. The van der Waals surface area contributed by atoms with E-state index >= 15 is 0 Å². The lowest BCUT2D eigenvalue weighted by molar-refractivity contribution is -0.0517. The van der Waals surface area contributed by atoms with Crippen molar-refractivity contribution in [2.75, 3.05) is 26.2 Å². The van der Waals surface area contributed by atoms with Gasteiger partial charge in [0.25, 0.3) is 0 Å². The average molecular weight is 416 g/mol. The first-order valence-corrected chi connectivity index (χ1v) is 10.1. The average Bonchev–Trinajstić information content (AvgIpc) is 2.60. The van der Waals surface area contributed by atoms with E-state index in [0.717, 1.165) is 36.3 Å². The molecule has 0 aromatic heterocycles. The molecule has 0 unspecified atom stereocenters. The van der Waals surface area contributed by atoms with Gasteiger partial charge in [0.1, 0.15) is 0 Å². The van der Waals surface area contributed by atoms with Crippen LogP contribution in [0.2, 0.25) is 0 Å². The van der Waals surface area contributed by atoms with Gasteiger partial charge in [0.05, 0.1) is 0 Å². The van der Waals surface area contributed by atoms with Crippen LogP contribution in [0.1, 0.15) is 37.7 Å². The normalized spacial score (nSPS) is 35.0. The Kier molecular flexibility index (Phi) is 8.41. The Labute approximate surface area is 176 Å². The van der Waals surface area contributed by atoms with Gasteiger partial charge in [-0.05, 0) is 61.3 Å². The fourth-order valence-corrected chi connectivity index (χ4v) is 6.22. The summed E-state index contributed by atoms with van der Waals surface area (Å²) in [6.07, 6.45) is 7.60. The molecule has 5 aliphatic rings. The molecule has 1 saturated heterocycles. The SMILES string of the molecule is Cl.Cl.O.c1ccc(CN2CCN(NC3C4CC5CC(C4)CC3C5)CC2)cc1. The molecule has 0 radical (unpaired) electrons. The van der Waals surface area contributed by atoms with Crippen molar-refractivity contribution in [3.05, 3.63) is 35.9 Å². The third-order valence-electron chi connectivity index (χ3n) is 7.18. The second kappa shape index (κ2) is 9.91. The summed E-state index contributed by atoms with van der Waals surface area (Å²) in [6, 6.07) is 11.7. The zero-order chi connectivity index (χ0) is 15.9. The van der Waals surface area contributed by atoms with Crippen LogP contribution in [0.25, 0.3) is 0 Å². The van der Waals surface area contributed by atoms with Gasteiger partial charge in [-0.2, -0.15) is 0 Å². The summed E-state index contributed by atoms with van der Waals surface area (Å²) in [7, 11) is 0. The number of halogens is 2. The summed E-state index contributed by atoms with van der Waals surface area (Å²) in [5.41, 5.74) is 5.44. The van der Waals surface area contributed by atoms with Crippen LogP contribution in [0.4, 0.5) is 0 Å². The van der Waals surface area contributed by atoms with Crippen LogP contribution in [-0.2, 0) is 6.54 Å². The van der Waals surface area contributed by atoms with Gasteiger partial charge in [-0.3, -0.25) is 10.3 Å². The number of benzene rings is 1. The third-order valence-corrected chi connectivity index (χ3v) is 7.18. The van der Waals surface area contributed by atoms with Gasteiger partial charge in [0.2, 0.25) is 0 Å². The van der Waals surface area contributed by atoms with E-state index in [4.69, 9.17) is 0 Å². The van der Waals surface area contributed by atoms with Gasteiger partial charge in [-0.1, -0.05) is 30.3 Å². The molecule has 1 aliphatic heterocycles. The summed E-state index contributed by atoms with van der Waals surface area (Å²) in [5, 5.41) is 2.55. The number of hydrazine groups is 1. The van der Waals surface area contributed by atoms with Crippen molar-refractivity contribution in [1.82, 2.24) is 15.3 Å². The van der Waals surface area contributed by atoms with Crippen molar-refractivity contribution < 1.29 is 5.48 Å². The van der Waals surface area contributed by atoms with Crippen molar-refractivity contribution in [2.24, 2.45) is 23.7 Å². The summed E-state index contributed by atoms with van der Waals surface area (Å²) in [5.74, 6) is 4.11. The summed E-state index contributed by atoms with van der Waals surface area (Å²) in [4.78, 5) is 2.60. The number of piperazine rings is 1. The molecule has 27 heavy (non-hydrogen) atoms. The van der Waals surface area contributed by atoms with Gasteiger partial charge in [-0.25, -0.2) is 5.01 Å². The molecule has 1 aromatic carbocycles. The molecule has 3 N–H and O–H groups in total. The molecule has 6 rings (SSSR count). The largest absolute Gasteiger partial charge is 0.412 e. The highest BCUT2D eigenvalue weighted by atomic mass is 35.5. The van der Waals surface area contributed by atoms with Crippen LogP contribution in [0.5, 0.6) is 0 Å². The Hall–Kier alpha value is -0.360. The van der Waals surface area contributed by atoms with E-state index in [1.54, 1.807) is 6.42 Å². The van der Waals surface area contributed by atoms with E-state index in [1.165, 1.54) is 57.4 Å². The van der Waals surface area contributed by atoms with Crippen LogP contribution >= 0.6 is 24.8 Å². The highest BCUT2D eigenvalue weighted by Crippen LogP contribution is 2.53. The molecule has 0 amide bonds. The minimum Gasteiger partial charge on any atom is -0.412 e. The fourth-order valence-electron chi connectivity index (χ4n) is 6.22. The molecule has 6 heteroatoms. The van der Waals surface area contributed by atoms with Gasteiger partial charge < -0.3 is 5.48 Å². The first-order valence-electron chi connectivity index (χ1n) is 10.1. The molecule has 4 bridgehead atoms. The molecule has 4 saturated carbocycles. The molecule has 1 aromatic rings. The van der Waals surface area contributed by atoms with Crippen molar-refractivity contribution in [3.8, 4) is 0 Å². The minimum absolute atomic E-state index is 0. The standard InChI is InChI=1S/C21H31N3.2ClH.H2O/c1-2-4-16(5-3-1)15-23-6-8-24(9-7-23)22-21-19-11-17-10-18(13-19)14-20(21)12-17;;;/h1-5,17-22H,6-15H2;2*1H;1H2. The molecule has 1 heterocycles. The maximum atomic E-state index is 3.99. The minimum atomic E-state index is 0. The monoisotopic (exact) mass is 415 g/mol. The molecular formula is C21H35Cl2N3O. The summed E-state index contributed by atoms with van der Waals surface area (Å²) in [6.45, 7) is 5.84. The molecule has 154 valence electrons. The van der Waals surface area contributed by atoms with E-state index in [9.17, 15) is 0 Å². The molecule has 4 nitrogen and oxygen atoms in total. The Bertz CT molecular complexity index is 538. The Morgan fingerprint density at radius 3 is 1.89 bits per heavy atom. The second-order valence-corrected chi connectivity index (χ2v) is 8.83. The molecular weight excluding hydrogens is 381 g/mol. The van der Waals surface area contributed by atoms with Crippen LogP contribution in [-0.4, -0.2) is 47.6 Å². The Morgan fingerprint density at radius 1 is 0.778 bits per heavy atom. The van der Waals surface area contributed by atoms with E-state index < -0.39 is 0 Å². The molecule has 0 atom stereocenters. The Morgan fingerprint density at radius 2 is 1.33 bits per heavy atom. The quantitative estimate of drug-likeness (QED) is 0.821. The van der Waals surface area contributed by atoms with E-state index in [1.807, 2.05) is 0 Å². The molecule has 0 spiro atoms. The molecule has 5 fully saturated rings. The van der Waals surface area contributed by atoms with Crippen LogP contribution < -0.4 is 5.43 Å². The predicted molar refractivity (Wildman–Crippen MR) is 115 cm³/mol. The van der Waals surface area contributed by atoms with E-state index in [2.05, 4.69) is 45.7 Å². The topological polar surface area (TPSA) is 50.0 Å². The smallest absolute Gasteiger partial charge is 0.0272 e. The van der Waals surface area contributed by atoms with Crippen LogP contribution in [0.3, 0.4) is 0 Å². The van der Waals surface area contributed by atoms with Gasteiger partial charge >= 0.3 is 0 Å². The number of rotatable bonds is 4. The number of nitrogens with zero attached hydrogens (tertiary/aromatic N) is 2. The van der Waals surface area contributed by atoms with Crippen molar-refractivity contribution in [1.29, 1.82) is 0 Å². The maximum Gasteiger partial charge on any atom is 0.0272 e. The lowest BCUT2D eigenvalue weighted by Crippen LogP contribution is -2.61. The van der Waals surface area contributed by atoms with Crippen LogP contribution in [0.15, 0.2) is 30.3 Å². The van der Waals surface area contributed by atoms with Crippen LogP contribution in [0, 0.1) is 23.7 Å². The number of nitrogens with one attached hydrogen (secondary N) is 1. The summed E-state index contributed by atoms with van der Waals surface area (Å²) < 4.78 is 0. The lowest BCUT2D eigenvalue weighted by Gasteiger charge is -2.55. The highest BCUT2D eigenvalue weighted by molar-refractivity contribution is 5.85. The zero-order valence-electron chi connectivity index (χ0n) is 16.1. The van der Waals surface area contributed by atoms with E-state index in [-0.39, 0.29) is 30.3 Å². The highest BCUT2D eigenvalue weighted by Gasteiger charge is 2.48. The number of hydrogen-bond donors (Lipinski definition) is 1. The maximum absolute atomic E-state index is 3.99. The lowest BCUT2D eigenvalue weighted by atomic mass is 9.54. The van der Waals surface area contributed by atoms with Crippen molar-refractivity contribution >= 4 is 24.8 Å². The predicted octanol–water partition coefficient (Wildman–Crippen LogP) is 3.15. The van der Waals surface area contributed by atoms with Crippen molar-refractivity contribution in [2.45, 2.75) is 44.7 Å². The fraction of sp³-hybridized carbons (Fsp3) is 0.714. The second-order valence-electron chi connectivity index (χ2n) is 8.83. The Balaban J connectivity index is 0.000000871. The van der Waals surface area contributed by atoms with Gasteiger partial charge in [-0.15, -0.1) is 24.8 Å². The van der Waals surface area contributed by atoms with Gasteiger partial charge in [0.15, 0.2) is 0 Å². The number of hydrogen-bond acceptors (Lipinski definition) is 3. The first-order chi connectivity index (χ1) is 11.8. The zero-order valence-corrected chi connectivity index (χ0v) is 17.7. The van der Waals surface area contributed by atoms with E-state index in [0.29, 0.717) is 0 Å². The molecule has 4 aliphatic carbocycles. The first kappa shape index (κ1) is 22.9.